The molecule has 2 bridgehead atoms. The van der Waals surface area contributed by atoms with Gasteiger partial charge in [0.15, 0.2) is 0 Å². The molecule has 0 aromatic rings. The predicted octanol–water partition coefficient (Wildman–Crippen LogP) is 2.10. The third-order valence-corrected chi connectivity index (χ3v) is 5.71. The molecule has 0 amide bonds. The average Bonchev–Trinajstić information content (AvgIpc) is 2.58. The molecule has 4 nitrogen and oxygen atoms in total. The summed E-state index contributed by atoms with van der Waals surface area (Å²) in [7, 11) is 0. The topological polar surface area (TPSA) is 55.8 Å². The Labute approximate surface area is 119 Å². The largest absolute Gasteiger partial charge is 0.465 e. The van der Waals surface area contributed by atoms with E-state index < -0.39 is 39.8 Å². The second-order valence-electron chi connectivity index (χ2n) is 5.77. The summed E-state index contributed by atoms with van der Waals surface area (Å²) in [6, 6.07) is 0. The first-order valence-electron chi connectivity index (χ1n) is 6.27. The minimum absolute atomic E-state index is 0.0479. The summed E-state index contributed by atoms with van der Waals surface area (Å²) >= 11 is 0.313. The Hall–Kier alpha value is -0.470. The van der Waals surface area contributed by atoms with Crippen molar-refractivity contribution >= 4 is 17.7 Å². The summed E-state index contributed by atoms with van der Waals surface area (Å²) in [5.41, 5.74) is -2.78. The minimum Gasteiger partial charge on any atom is -0.465 e. The molecular formula is C12H17F3O4S. The average molecular weight is 314 g/mol. The van der Waals surface area contributed by atoms with Crippen molar-refractivity contribution in [2.24, 2.45) is 5.41 Å². The molecule has 8 heteroatoms. The highest BCUT2D eigenvalue weighted by Gasteiger charge is 2.75. The lowest BCUT2D eigenvalue weighted by Crippen LogP contribution is -2.60. The molecule has 0 aromatic heterocycles. The molecule has 2 saturated heterocycles. The van der Waals surface area contributed by atoms with Crippen molar-refractivity contribution in [3.8, 4) is 0 Å². The van der Waals surface area contributed by atoms with E-state index in [0.29, 0.717) is 11.8 Å². The quantitative estimate of drug-likeness (QED) is 0.791. The van der Waals surface area contributed by atoms with Gasteiger partial charge in [0.2, 0.25) is 4.93 Å². The summed E-state index contributed by atoms with van der Waals surface area (Å²) in [5, 5.41) is 9.43. The van der Waals surface area contributed by atoms with Gasteiger partial charge in [-0.05, 0) is 6.92 Å². The Bertz CT molecular complexity index is 425. The van der Waals surface area contributed by atoms with Gasteiger partial charge in [0.05, 0.1) is 18.8 Å². The van der Waals surface area contributed by atoms with E-state index in [9.17, 15) is 23.1 Å². The predicted molar refractivity (Wildman–Crippen MR) is 66.1 cm³/mol. The number of aliphatic hydroxyl groups is 1. The molecule has 116 valence electrons. The number of carbonyl (C=O) groups excluding carboxylic acids is 1. The van der Waals surface area contributed by atoms with Crippen LogP contribution in [0, 0.1) is 5.41 Å². The van der Waals surface area contributed by atoms with Gasteiger partial charge in [0.1, 0.15) is 5.25 Å². The van der Waals surface area contributed by atoms with Crippen molar-refractivity contribution in [3.63, 3.8) is 0 Å². The molecule has 3 atom stereocenters. The van der Waals surface area contributed by atoms with Crippen LogP contribution in [-0.4, -0.2) is 46.2 Å². The SMILES string of the molecule is CCOC(=O)[C@@H]1S[C@]2(C(F)(F)F)C[C@]1(O)C(C)(C)CO2. The standard InChI is InChI=1S/C12H17F3O4S/c1-4-18-8(16)7-10(17)5-11(20-7,12(13,14)15)19-6-9(10,2)3/h7,17H,4-6H2,1-3H3/t7-,10+,11-/m0/s1. The van der Waals surface area contributed by atoms with E-state index in [1.54, 1.807) is 20.8 Å². The number of thioether (sulfide) groups is 1. The van der Waals surface area contributed by atoms with Gasteiger partial charge in [-0.15, -0.1) is 0 Å². The van der Waals surface area contributed by atoms with E-state index in [4.69, 9.17) is 9.47 Å². The van der Waals surface area contributed by atoms with Gasteiger partial charge in [-0.3, -0.25) is 4.79 Å². The molecule has 2 heterocycles. The molecule has 20 heavy (non-hydrogen) atoms. The van der Waals surface area contributed by atoms with Gasteiger partial charge < -0.3 is 14.6 Å². The number of carbonyl (C=O) groups is 1. The van der Waals surface area contributed by atoms with Crippen LogP contribution >= 0.6 is 11.8 Å². The smallest absolute Gasteiger partial charge is 0.427 e. The van der Waals surface area contributed by atoms with E-state index in [1.165, 1.54) is 0 Å². The maximum absolute atomic E-state index is 13.3. The number of fused-ring (bicyclic) bond motifs is 2. The number of halogens is 3. The highest BCUT2D eigenvalue weighted by molar-refractivity contribution is 8.02. The molecule has 2 fully saturated rings. The molecule has 0 aromatic carbocycles. The number of ether oxygens (including phenoxy) is 2. The zero-order valence-corrected chi connectivity index (χ0v) is 12.2. The van der Waals surface area contributed by atoms with E-state index in [1.807, 2.05) is 0 Å². The maximum atomic E-state index is 13.3. The zero-order chi connectivity index (χ0) is 15.4. The van der Waals surface area contributed by atoms with Gasteiger partial charge in [-0.2, -0.15) is 13.2 Å². The molecule has 1 N–H and O–H groups in total. The van der Waals surface area contributed by atoms with E-state index >= 15 is 0 Å². The first-order valence-corrected chi connectivity index (χ1v) is 7.14. The number of alkyl halides is 3. The fraction of sp³-hybridized carbons (Fsp3) is 0.917. The third-order valence-electron chi connectivity index (χ3n) is 4.01. The van der Waals surface area contributed by atoms with Crippen molar-refractivity contribution in [1.29, 1.82) is 0 Å². The van der Waals surface area contributed by atoms with Crippen molar-refractivity contribution < 1.29 is 32.5 Å². The molecule has 2 aliphatic heterocycles. The van der Waals surface area contributed by atoms with Crippen molar-refractivity contribution in [2.45, 2.75) is 49.2 Å². The minimum atomic E-state index is -4.66. The van der Waals surface area contributed by atoms with Crippen molar-refractivity contribution in [2.75, 3.05) is 13.2 Å². The number of hydrogen-bond acceptors (Lipinski definition) is 5. The van der Waals surface area contributed by atoms with Crippen LogP contribution in [-0.2, 0) is 14.3 Å². The second kappa shape index (κ2) is 4.51. The summed E-state index contributed by atoms with van der Waals surface area (Å²) in [6.07, 6.45) is -5.33. The zero-order valence-electron chi connectivity index (χ0n) is 11.4. The summed E-state index contributed by atoms with van der Waals surface area (Å²) in [6.45, 7) is 4.52. The fourth-order valence-electron chi connectivity index (χ4n) is 2.59. The van der Waals surface area contributed by atoms with E-state index in [0.717, 1.165) is 0 Å². The van der Waals surface area contributed by atoms with Crippen molar-refractivity contribution in [1.82, 2.24) is 0 Å². The molecule has 2 aliphatic rings. The van der Waals surface area contributed by atoms with Crippen LogP contribution in [0.2, 0.25) is 0 Å². The Kier molecular flexibility index (Phi) is 3.59. The lowest BCUT2D eigenvalue weighted by atomic mass is 9.68. The molecule has 0 saturated carbocycles. The summed E-state index contributed by atoms with van der Waals surface area (Å²) < 4.78 is 49.6. The Balaban J connectivity index is 2.43. The number of hydrogen-bond donors (Lipinski definition) is 1. The monoisotopic (exact) mass is 314 g/mol. The molecule has 0 spiro atoms. The first-order chi connectivity index (χ1) is 8.99. The van der Waals surface area contributed by atoms with Gasteiger partial charge in [0.25, 0.3) is 0 Å². The number of esters is 1. The Morgan fingerprint density at radius 1 is 1.50 bits per heavy atom. The number of rotatable bonds is 2. The van der Waals surface area contributed by atoms with Crippen LogP contribution in [0.15, 0.2) is 0 Å². The van der Waals surface area contributed by atoms with E-state index in [2.05, 4.69) is 0 Å². The van der Waals surface area contributed by atoms with Crippen LogP contribution in [0.3, 0.4) is 0 Å². The second-order valence-corrected chi connectivity index (χ2v) is 7.14. The summed E-state index contributed by atoms with van der Waals surface area (Å²) in [4.78, 5) is 9.39. The van der Waals surface area contributed by atoms with Gasteiger partial charge >= 0.3 is 12.1 Å². The maximum Gasteiger partial charge on any atom is 0.427 e. The van der Waals surface area contributed by atoms with Gasteiger partial charge in [-0.1, -0.05) is 25.6 Å². The van der Waals surface area contributed by atoms with E-state index in [-0.39, 0.29) is 13.2 Å². The van der Waals surface area contributed by atoms with Crippen LogP contribution < -0.4 is 0 Å². The van der Waals surface area contributed by atoms with Crippen LogP contribution in [0.4, 0.5) is 13.2 Å². The van der Waals surface area contributed by atoms with Crippen LogP contribution in [0.5, 0.6) is 0 Å². The molecule has 0 unspecified atom stereocenters. The molecular weight excluding hydrogens is 297 g/mol. The highest BCUT2D eigenvalue weighted by atomic mass is 32.2. The normalized spacial score (nSPS) is 39.6. The molecule has 2 rings (SSSR count). The van der Waals surface area contributed by atoms with Crippen molar-refractivity contribution in [3.05, 3.63) is 0 Å². The highest BCUT2D eigenvalue weighted by Crippen LogP contribution is 2.64. The van der Waals surface area contributed by atoms with Gasteiger partial charge in [-0.25, -0.2) is 0 Å². The first kappa shape index (κ1) is 15.9. The van der Waals surface area contributed by atoms with Crippen LogP contribution in [0.25, 0.3) is 0 Å². The molecule has 0 radical (unpaired) electrons. The fourth-order valence-corrected chi connectivity index (χ4v) is 4.29. The summed E-state index contributed by atoms with van der Waals surface area (Å²) in [5.74, 6) is -0.829. The lowest BCUT2D eigenvalue weighted by molar-refractivity contribution is -0.287. The lowest BCUT2D eigenvalue weighted by Gasteiger charge is -2.47. The third kappa shape index (κ3) is 2.03. The Morgan fingerprint density at radius 3 is 2.60 bits per heavy atom. The van der Waals surface area contributed by atoms with Crippen LogP contribution in [0.1, 0.15) is 27.2 Å². The molecule has 0 aliphatic carbocycles. The Morgan fingerprint density at radius 2 is 2.10 bits per heavy atom. The van der Waals surface area contributed by atoms with Gasteiger partial charge in [0, 0.05) is 11.8 Å².